The molecule has 0 atom stereocenters. The molecule has 2 amide bonds. The Kier molecular flexibility index (Phi) is 4.10. The summed E-state index contributed by atoms with van der Waals surface area (Å²) in [5, 5.41) is 3.21. The van der Waals surface area contributed by atoms with E-state index in [-0.39, 0.29) is 17.4 Å². The van der Waals surface area contributed by atoms with E-state index in [4.69, 9.17) is 0 Å². The van der Waals surface area contributed by atoms with Gasteiger partial charge < -0.3 is 15.1 Å². The fourth-order valence-corrected chi connectivity index (χ4v) is 6.38. The third-order valence-electron chi connectivity index (χ3n) is 7.15. The second-order valence-electron chi connectivity index (χ2n) is 9.12. The minimum absolute atomic E-state index is 0.0999. The van der Waals surface area contributed by atoms with Gasteiger partial charge in [0.25, 0.3) is 0 Å². The highest BCUT2D eigenvalue weighted by Gasteiger charge is 2.52. The maximum atomic E-state index is 12.8. The number of rotatable bonds is 2. The van der Waals surface area contributed by atoms with Crippen molar-refractivity contribution in [2.75, 3.05) is 31.1 Å². The first-order chi connectivity index (χ1) is 13.1. The predicted octanol–water partition coefficient (Wildman–Crippen LogP) is 1.82. The van der Waals surface area contributed by atoms with Crippen LogP contribution in [0.5, 0.6) is 0 Å². The molecule has 0 radical (unpaired) electrons. The number of piperazine rings is 1. The Labute approximate surface area is 160 Å². The first-order valence-electron chi connectivity index (χ1n) is 10.4. The molecule has 1 saturated heterocycles. The molecule has 144 valence electrons. The van der Waals surface area contributed by atoms with Crippen LogP contribution >= 0.6 is 0 Å². The number of anilines is 1. The Bertz CT molecular complexity index is 692. The minimum atomic E-state index is -0.386. The standard InChI is InChI=1S/C21H28N4O2/c26-19(23-21-12-15-9-16(13-21)11-17(10-15)14-21)20(27)25-7-5-24(6-8-25)18-3-1-2-4-22-18/h1-4,15-17H,5-14H2,(H,23,26). The van der Waals surface area contributed by atoms with Crippen LogP contribution in [0.25, 0.3) is 0 Å². The van der Waals surface area contributed by atoms with Gasteiger partial charge in [-0.15, -0.1) is 0 Å². The highest BCUT2D eigenvalue weighted by molar-refractivity contribution is 6.35. The molecule has 6 nitrogen and oxygen atoms in total. The maximum absolute atomic E-state index is 12.8. The van der Waals surface area contributed by atoms with E-state index < -0.39 is 0 Å². The quantitative estimate of drug-likeness (QED) is 0.809. The molecule has 27 heavy (non-hydrogen) atoms. The Hall–Kier alpha value is -2.11. The summed E-state index contributed by atoms with van der Waals surface area (Å²) in [6.07, 6.45) is 9.00. The van der Waals surface area contributed by atoms with Crippen LogP contribution in [0.15, 0.2) is 24.4 Å². The normalized spacial score (nSPS) is 34.6. The van der Waals surface area contributed by atoms with E-state index in [1.165, 1.54) is 19.3 Å². The van der Waals surface area contributed by atoms with E-state index >= 15 is 0 Å². The molecule has 4 bridgehead atoms. The first-order valence-corrected chi connectivity index (χ1v) is 10.4. The molecule has 4 saturated carbocycles. The van der Waals surface area contributed by atoms with E-state index in [9.17, 15) is 9.59 Å². The number of nitrogens with one attached hydrogen (secondary N) is 1. The van der Waals surface area contributed by atoms with Crippen molar-refractivity contribution < 1.29 is 9.59 Å². The van der Waals surface area contributed by atoms with Crippen molar-refractivity contribution in [3.05, 3.63) is 24.4 Å². The molecule has 1 aliphatic heterocycles. The molecule has 6 heteroatoms. The fraction of sp³-hybridized carbons (Fsp3) is 0.667. The third-order valence-corrected chi connectivity index (χ3v) is 7.15. The molecule has 4 aliphatic carbocycles. The molecule has 6 rings (SSSR count). The van der Waals surface area contributed by atoms with Crippen molar-refractivity contribution in [3.63, 3.8) is 0 Å². The average Bonchev–Trinajstić information content (AvgIpc) is 2.67. The van der Waals surface area contributed by atoms with Crippen molar-refractivity contribution in [3.8, 4) is 0 Å². The summed E-state index contributed by atoms with van der Waals surface area (Å²) in [7, 11) is 0. The van der Waals surface area contributed by atoms with Crippen molar-refractivity contribution >= 4 is 17.6 Å². The van der Waals surface area contributed by atoms with E-state index in [0.29, 0.717) is 26.2 Å². The second kappa shape index (κ2) is 6.50. The Morgan fingerprint density at radius 2 is 1.59 bits per heavy atom. The fourth-order valence-electron chi connectivity index (χ4n) is 6.38. The average molecular weight is 368 g/mol. The van der Waals surface area contributed by atoms with E-state index in [1.807, 2.05) is 18.2 Å². The van der Waals surface area contributed by atoms with Crippen LogP contribution in [0.1, 0.15) is 38.5 Å². The van der Waals surface area contributed by atoms with Gasteiger partial charge in [0, 0.05) is 37.9 Å². The minimum Gasteiger partial charge on any atom is -0.353 e. The predicted molar refractivity (Wildman–Crippen MR) is 102 cm³/mol. The number of hydrogen-bond donors (Lipinski definition) is 1. The first kappa shape index (κ1) is 17.0. The van der Waals surface area contributed by atoms with Gasteiger partial charge >= 0.3 is 11.8 Å². The number of nitrogens with zero attached hydrogens (tertiary/aromatic N) is 3. The Morgan fingerprint density at radius 3 is 2.15 bits per heavy atom. The summed E-state index contributed by atoms with van der Waals surface area (Å²) >= 11 is 0. The number of carbonyl (C=O) groups is 2. The molecule has 5 fully saturated rings. The van der Waals surface area contributed by atoms with Gasteiger partial charge in [-0.1, -0.05) is 6.07 Å². The number of amides is 2. The van der Waals surface area contributed by atoms with Gasteiger partial charge in [-0.05, 0) is 68.4 Å². The van der Waals surface area contributed by atoms with Crippen LogP contribution in [0, 0.1) is 17.8 Å². The monoisotopic (exact) mass is 368 g/mol. The topological polar surface area (TPSA) is 65.5 Å². The van der Waals surface area contributed by atoms with Gasteiger partial charge in [0.1, 0.15) is 5.82 Å². The highest BCUT2D eigenvalue weighted by atomic mass is 16.2. The number of pyridine rings is 1. The molecule has 0 aromatic carbocycles. The molecule has 1 aromatic rings. The van der Waals surface area contributed by atoms with Gasteiger partial charge in [-0.25, -0.2) is 4.98 Å². The lowest BCUT2D eigenvalue weighted by molar-refractivity contribution is -0.149. The molecule has 1 aromatic heterocycles. The van der Waals surface area contributed by atoms with Crippen molar-refractivity contribution in [2.24, 2.45) is 17.8 Å². The summed E-state index contributed by atoms with van der Waals surface area (Å²) < 4.78 is 0. The molecule has 5 aliphatic rings. The number of carbonyl (C=O) groups excluding carboxylic acids is 2. The molecular formula is C21H28N4O2. The van der Waals surface area contributed by atoms with Crippen LogP contribution in [-0.4, -0.2) is 53.4 Å². The van der Waals surface area contributed by atoms with E-state index in [2.05, 4.69) is 15.2 Å². The van der Waals surface area contributed by atoms with Gasteiger partial charge in [0.2, 0.25) is 0 Å². The lowest BCUT2D eigenvalue weighted by Gasteiger charge is -2.56. The smallest absolute Gasteiger partial charge is 0.312 e. The van der Waals surface area contributed by atoms with Crippen LogP contribution in [0.4, 0.5) is 5.82 Å². The second-order valence-corrected chi connectivity index (χ2v) is 9.12. The summed E-state index contributed by atoms with van der Waals surface area (Å²) in [4.78, 5) is 33.7. The summed E-state index contributed by atoms with van der Waals surface area (Å²) in [5.41, 5.74) is -0.0999. The molecular weight excluding hydrogens is 340 g/mol. The maximum Gasteiger partial charge on any atom is 0.312 e. The summed E-state index contributed by atoms with van der Waals surface area (Å²) in [6, 6.07) is 5.86. The van der Waals surface area contributed by atoms with Gasteiger partial charge in [-0.2, -0.15) is 0 Å². The van der Waals surface area contributed by atoms with Crippen molar-refractivity contribution in [1.82, 2.24) is 15.2 Å². The van der Waals surface area contributed by atoms with Gasteiger partial charge in [-0.3, -0.25) is 9.59 Å². The highest BCUT2D eigenvalue weighted by Crippen LogP contribution is 2.55. The Balaban J connectivity index is 1.19. The summed E-state index contributed by atoms with van der Waals surface area (Å²) in [6.45, 7) is 2.58. The van der Waals surface area contributed by atoms with Crippen molar-refractivity contribution in [1.29, 1.82) is 0 Å². The van der Waals surface area contributed by atoms with Crippen LogP contribution in [0.2, 0.25) is 0 Å². The van der Waals surface area contributed by atoms with E-state index in [1.54, 1.807) is 11.1 Å². The van der Waals surface area contributed by atoms with Gasteiger partial charge in [0.05, 0.1) is 0 Å². The SMILES string of the molecule is O=C(NC12CC3CC(CC(C3)C1)C2)C(=O)N1CCN(c2ccccn2)CC1. The van der Waals surface area contributed by atoms with Gasteiger partial charge in [0.15, 0.2) is 0 Å². The molecule has 2 heterocycles. The number of aromatic nitrogens is 1. The zero-order valence-electron chi connectivity index (χ0n) is 15.8. The Morgan fingerprint density at radius 1 is 0.963 bits per heavy atom. The zero-order valence-corrected chi connectivity index (χ0v) is 15.8. The molecule has 1 N–H and O–H groups in total. The van der Waals surface area contributed by atoms with Crippen molar-refractivity contribution in [2.45, 2.75) is 44.1 Å². The molecule has 0 unspecified atom stereocenters. The number of hydrogen-bond acceptors (Lipinski definition) is 4. The lowest BCUT2D eigenvalue weighted by Crippen LogP contribution is -2.62. The third kappa shape index (κ3) is 3.19. The van der Waals surface area contributed by atoms with E-state index in [0.717, 1.165) is 42.8 Å². The largest absolute Gasteiger partial charge is 0.353 e. The summed E-state index contributed by atoms with van der Waals surface area (Å²) in [5.74, 6) is 2.47. The molecule has 0 spiro atoms. The lowest BCUT2D eigenvalue weighted by atomic mass is 9.53. The van der Waals surface area contributed by atoms with Crippen LogP contribution < -0.4 is 10.2 Å². The van der Waals surface area contributed by atoms with Crippen LogP contribution in [0.3, 0.4) is 0 Å². The zero-order chi connectivity index (χ0) is 18.4. The van der Waals surface area contributed by atoms with Crippen LogP contribution in [-0.2, 0) is 9.59 Å².